The van der Waals surface area contributed by atoms with Crippen LogP contribution in [0.3, 0.4) is 0 Å². The quantitative estimate of drug-likeness (QED) is 0.578. The van der Waals surface area contributed by atoms with E-state index >= 15 is 0 Å². The van der Waals surface area contributed by atoms with E-state index in [1.54, 1.807) is 0 Å². The lowest BCUT2D eigenvalue weighted by molar-refractivity contribution is 1.44. The van der Waals surface area contributed by atoms with Crippen molar-refractivity contribution in [2.24, 2.45) is 0 Å². The average Bonchev–Trinajstić information content (AvgIpc) is 2.05. The number of benzene rings is 1. The molecule has 0 saturated heterocycles. The predicted octanol–water partition coefficient (Wildman–Crippen LogP) is 1.76. The Morgan fingerprint density at radius 1 is 1.30 bits per heavy atom. The molecule has 0 spiro atoms. The van der Waals surface area contributed by atoms with Gasteiger partial charge in [-0.05, 0) is 5.56 Å². The molecule has 10 heavy (non-hydrogen) atoms. The van der Waals surface area contributed by atoms with Gasteiger partial charge in [-0.25, -0.2) is 0 Å². The van der Waals surface area contributed by atoms with Crippen LogP contribution in [-0.2, 0) is 5.75 Å². The molecular formula is C7H7BrMgS. The smallest absolute Gasteiger partial charge is 0.296 e. The van der Waals surface area contributed by atoms with Crippen molar-refractivity contribution in [2.45, 2.75) is 5.75 Å². The first kappa shape index (κ1) is 8.91. The van der Waals surface area contributed by atoms with E-state index in [1.807, 2.05) is 0 Å². The predicted molar refractivity (Wildman–Crippen MR) is 53.4 cm³/mol. The average molecular weight is 227 g/mol. The Bertz CT molecular complexity index is 174. The second-order valence-corrected chi connectivity index (χ2v) is 5.19. The highest BCUT2D eigenvalue weighted by atomic mass is 79.9. The lowest BCUT2D eigenvalue weighted by Crippen LogP contribution is -2.06. The molecule has 0 nitrogen and oxygen atoms in total. The molecule has 1 aromatic rings. The van der Waals surface area contributed by atoms with Crippen molar-refractivity contribution in [1.29, 1.82) is 0 Å². The number of halogens is 1. The van der Waals surface area contributed by atoms with E-state index in [1.165, 1.54) is 9.26 Å². The minimum absolute atomic E-state index is 0.145. The van der Waals surface area contributed by atoms with Crippen molar-refractivity contribution < 1.29 is 0 Å². The molecule has 0 radical (unpaired) electrons. The first-order chi connectivity index (χ1) is 4.86. The Hall–Kier alpha value is 0.816. The molecule has 0 aliphatic heterocycles. The summed E-state index contributed by atoms with van der Waals surface area (Å²) < 4.78 is 1.45. The largest absolute Gasteiger partial charge is 0.506 e. The number of hydrogen-bond acceptors (Lipinski definition) is 1. The molecule has 0 aromatic heterocycles. The fourth-order valence-electron chi connectivity index (χ4n) is 0.734. The summed E-state index contributed by atoms with van der Waals surface area (Å²) in [4.78, 5) is 0. The van der Waals surface area contributed by atoms with Gasteiger partial charge in [-0.15, -0.1) is 0 Å². The van der Waals surface area contributed by atoms with Crippen molar-refractivity contribution in [3.05, 3.63) is 29.8 Å². The van der Waals surface area contributed by atoms with E-state index in [9.17, 15) is 0 Å². The standard InChI is InChI=1S/C7H7S.BrH.Mg/c8-6-7-4-2-1-3-5-7;;/h2-5,8H,6H2;1H;/q;;+1/p-1. The highest BCUT2D eigenvalue weighted by Gasteiger charge is 1.93. The Morgan fingerprint density at radius 3 is 2.30 bits per heavy atom. The summed E-state index contributed by atoms with van der Waals surface area (Å²) in [5.41, 5.74) is 1.29. The molecule has 0 amide bonds. The molecule has 1 rings (SSSR count). The van der Waals surface area contributed by atoms with Crippen LogP contribution in [0.15, 0.2) is 24.3 Å². The van der Waals surface area contributed by atoms with Gasteiger partial charge in [0.2, 0.25) is 0 Å². The molecule has 0 N–H and O–H groups in total. The topological polar surface area (TPSA) is 0 Å². The van der Waals surface area contributed by atoms with Gasteiger partial charge < -0.3 is 0 Å². The Kier molecular flexibility index (Phi) is 4.14. The van der Waals surface area contributed by atoms with Gasteiger partial charge in [0.25, 0.3) is 0 Å². The van der Waals surface area contributed by atoms with Gasteiger partial charge >= 0.3 is 18.2 Å². The highest BCUT2D eigenvalue weighted by molar-refractivity contribution is 9.23. The third-order valence-electron chi connectivity index (χ3n) is 1.36. The van der Waals surface area contributed by atoms with E-state index in [-0.39, 0.29) is 18.2 Å². The highest BCUT2D eigenvalue weighted by Crippen LogP contribution is 1.99. The van der Waals surface area contributed by atoms with E-state index in [0.29, 0.717) is 0 Å². The molecule has 1 aromatic carbocycles. The van der Waals surface area contributed by atoms with Gasteiger partial charge in [-0.1, -0.05) is 24.3 Å². The van der Waals surface area contributed by atoms with Gasteiger partial charge in [0.05, 0.1) is 0 Å². The van der Waals surface area contributed by atoms with Gasteiger partial charge in [-0.3, -0.25) is 12.9 Å². The summed E-state index contributed by atoms with van der Waals surface area (Å²) >= 11 is 7.55. The van der Waals surface area contributed by atoms with Crippen molar-refractivity contribution in [3.63, 3.8) is 0 Å². The Labute approximate surface area is 82.4 Å². The van der Waals surface area contributed by atoms with Crippen LogP contribution in [0.2, 0.25) is 0 Å². The number of hydrogen-bond donors (Lipinski definition) is 1. The van der Waals surface area contributed by atoms with Crippen LogP contribution in [0.4, 0.5) is 0 Å². The zero-order chi connectivity index (χ0) is 7.40. The van der Waals surface area contributed by atoms with Crippen LogP contribution in [0.1, 0.15) is 5.56 Å². The normalized spacial score (nSPS) is 9.00. The molecule has 0 atom stereocenters. The monoisotopic (exact) mass is 226 g/mol. The van der Waals surface area contributed by atoms with Crippen molar-refractivity contribution in [2.75, 3.05) is 0 Å². The van der Waals surface area contributed by atoms with E-state index in [2.05, 4.69) is 49.8 Å². The fourth-order valence-corrected chi connectivity index (χ4v) is 2.48. The first-order valence-electron chi connectivity index (χ1n) is 3.11. The maximum absolute atomic E-state index is 4.17. The summed E-state index contributed by atoms with van der Waals surface area (Å²) in [6.07, 6.45) is 0. The van der Waals surface area contributed by atoms with Crippen LogP contribution < -0.4 is 3.69 Å². The summed E-state index contributed by atoms with van der Waals surface area (Å²) in [5, 5.41) is 0. The lowest BCUT2D eigenvalue weighted by atomic mass is 10.2. The fraction of sp³-hybridized carbons (Fsp3) is 0.143. The van der Waals surface area contributed by atoms with Crippen LogP contribution in [-0.4, -0.2) is 18.2 Å². The molecule has 0 bridgehead atoms. The van der Waals surface area contributed by atoms with Crippen LogP contribution in [0.5, 0.6) is 0 Å². The summed E-state index contributed by atoms with van der Waals surface area (Å²) in [6.45, 7) is 0. The van der Waals surface area contributed by atoms with Crippen LogP contribution >= 0.6 is 25.5 Å². The molecule has 0 saturated carbocycles. The first-order valence-corrected chi connectivity index (χ1v) is 8.35. The molecule has 3 heteroatoms. The van der Waals surface area contributed by atoms with Gasteiger partial charge in [-0.2, -0.15) is 16.3 Å². The van der Waals surface area contributed by atoms with Gasteiger partial charge in [0.15, 0.2) is 0 Å². The van der Waals surface area contributed by atoms with Crippen molar-refractivity contribution in [3.8, 4) is 0 Å². The van der Waals surface area contributed by atoms with Crippen LogP contribution in [0, 0.1) is 0 Å². The third kappa shape index (κ3) is 2.45. The summed E-state index contributed by atoms with van der Waals surface area (Å²) in [6, 6.07) is 8.62. The Morgan fingerprint density at radius 2 is 1.90 bits per heavy atom. The molecule has 50 valence electrons. The number of thiol groups is 1. The minimum atomic E-state index is -0.145. The van der Waals surface area contributed by atoms with Crippen molar-refractivity contribution in [1.82, 2.24) is 0 Å². The minimum Gasteiger partial charge on any atom is -0.296 e. The SMILES string of the molecule is SCc1cc[c]([Mg][Br])cc1. The second-order valence-electron chi connectivity index (χ2n) is 2.11. The lowest BCUT2D eigenvalue weighted by Gasteiger charge is -1.96. The van der Waals surface area contributed by atoms with E-state index in [0.717, 1.165) is 5.75 Å². The van der Waals surface area contributed by atoms with E-state index in [4.69, 9.17) is 0 Å². The zero-order valence-corrected chi connectivity index (χ0v) is 9.44. The van der Waals surface area contributed by atoms with E-state index < -0.39 is 0 Å². The zero-order valence-electron chi connectivity index (χ0n) is 5.55. The molecule has 0 unspecified atom stereocenters. The Balaban J connectivity index is 2.80. The molecule has 0 aliphatic rings. The molecule has 0 aliphatic carbocycles. The molecule has 0 heterocycles. The number of rotatable bonds is 2. The van der Waals surface area contributed by atoms with Gasteiger partial charge in [0.1, 0.15) is 0 Å². The maximum Gasteiger partial charge on any atom is 0.506 e. The summed E-state index contributed by atoms with van der Waals surface area (Å²) in [7, 11) is 0. The maximum atomic E-state index is 4.17. The van der Waals surface area contributed by atoms with Crippen molar-refractivity contribution >= 4 is 47.4 Å². The van der Waals surface area contributed by atoms with Gasteiger partial charge in [0, 0.05) is 5.75 Å². The van der Waals surface area contributed by atoms with Crippen LogP contribution in [0.25, 0.3) is 0 Å². The molecular weight excluding hydrogens is 220 g/mol. The summed E-state index contributed by atoms with van der Waals surface area (Å²) in [5.74, 6) is 0.837. The third-order valence-corrected chi connectivity index (χ3v) is 4.45. The molecule has 0 fully saturated rings. The second kappa shape index (κ2) is 4.65.